The van der Waals surface area contributed by atoms with Crippen LogP contribution >= 0.6 is 23.2 Å². The van der Waals surface area contributed by atoms with Crippen LogP contribution in [0.3, 0.4) is 0 Å². The van der Waals surface area contributed by atoms with Crippen molar-refractivity contribution in [3.8, 4) is 5.75 Å². The normalized spacial score (nSPS) is 11.0. The summed E-state index contributed by atoms with van der Waals surface area (Å²) in [6, 6.07) is 8.99. The van der Waals surface area contributed by atoms with Crippen molar-refractivity contribution >= 4 is 34.8 Å². The summed E-state index contributed by atoms with van der Waals surface area (Å²) >= 11 is 12.8. The van der Waals surface area contributed by atoms with E-state index in [0.717, 1.165) is 23.1 Å². The summed E-state index contributed by atoms with van der Waals surface area (Å²) in [5.74, 6) is 0.467. The lowest BCUT2D eigenvalue weighted by atomic mass is 9.96. The molecule has 0 saturated carbocycles. The lowest BCUT2D eigenvalue weighted by Gasteiger charge is -2.14. The lowest BCUT2D eigenvalue weighted by molar-refractivity contribution is -0.116. The van der Waals surface area contributed by atoms with Gasteiger partial charge in [-0.25, -0.2) is 0 Å². The van der Waals surface area contributed by atoms with Gasteiger partial charge in [0.2, 0.25) is 5.91 Å². The maximum Gasteiger partial charge on any atom is 0.224 e. The zero-order chi connectivity index (χ0) is 18.6. The first-order chi connectivity index (χ1) is 11.8. The van der Waals surface area contributed by atoms with E-state index in [1.807, 2.05) is 32.9 Å². The first-order valence-electron chi connectivity index (χ1n) is 8.41. The Balaban J connectivity index is 2.26. The number of amides is 1. The summed E-state index contributed by atoms with van der Waals surface area (Å²) in [5.41, 5.74) is 3.32. The topological polar surface area (TPSA) is 49.3 Å². The quantitative estimate of drug-likeness (QED) is 0.631. The summed E-state index contributed by atoms with van der Waals surface area (Å²) in [6.07, 6.45) is 1.80. The maximum absolute atomic E-state index is 11.7. The van der Waals surface area contributed by atoms with Gasteiger partial charge in [0.25, 0.3) is 0 Å². The highest BCUT2D eigenvalue weighted by atomic mass is 35.5. The van der Waals surface area contributed by atoms with E-state index in [-0.39, 0.29) is 11.8 Å². The minimum Gasteiger partial charge on any atom is -0.508 e. The molecule has 2 rings (SSSR count). The predicted octanol–water partition coefficient (Wildman–Crippen LogP) is 6.15. The van der Waals surface area contributed by atoms with E-state index in [1.54, 1.807) is 18.2 Å². The van der Waals surface area contributed by atoms with E-state index in [9.17, 15) is 9.90 Å². The Morgan fingerprint density at radius 2 is 1.80 bits per heavy atom. The molecule has 134 valence electrons. The second-order valence-electron chi connectivity index (χ2n) is 6.44. The molecule has 0 atom stereocenters. The summed E-state index contributed by atoms with van der Waals surface area (Å²) < 4.78 is 0. The number of anilines is 1. The Kier molecular flexibility index (Phi) is 6.74. The van der Waals surface area contributed by atoms with Crippen molar-refractivity contribution in [2.45, 2.75) is 46.0 Å². The van der Waals surface area contributed by atoms with E-state index in [1.165, 1.54) is 0 Å². The second-order valence-corrected chi connectivity index (χ2v) is 7.26. The van der Waals surface area contributed by atoms with Gasteiger partial charge in [0.15, 0.2) is 0 Å². The summed E-state index contributed by atoms with van der Waals surface area (Å²) in [7, 11) is 0. The monoisotopic (exact) mass is 379 g/mol. The first-order valence-corrected chi connectivity index (χ1v) is 9.17. The molecule has 0 aliphatic carbocycles. The maximum atomic E-state index is 11.7. The molecule has 0 fully saturated rings. The highest BCUT2D eigenvalue weighted by Crippen LogP contribution is 2.33. The minimum atomic E-state index is -0.0532. The molecule has 5 heteroatoms. The summed E-state index contributed by atoms with van der Waals surface area (Å²) in [5, 5.41) is 13.8. The number of phenolic OH excluding ortho intramolecular Hbond substituents is 1. The molecule has 0 aliphatic heterocycles. The van der Waals surface area contributed by atoms with Gasteiger partial charge < -0.3 is 10.4 Å². The molecule has 2 aromatic rings. The number of hydrogen-bond donors (Lipinski definition) is 2. The third-order valence-corrected chi connectivity index (χ3v) is 4.67. The molecule has 0 saturated heterocycles. The summed E-state index contributed by atoms with van der Waals surface area (Å²) in [4.78, 5) is 11.7. The third-order valence-electron chi connectivity index (χ3n) is 4.00. The van der Waals surface area contributed by atoms with Crippen molar-refractivity contribution in [3.05, 3.63) is 57.1 Å². The van der Waals surface area contributed by atoms with Gasteiger partial charge in [-0.2, -0.15) is 0 Å². The minimum absolute atomic E-state index is 0.0532. The van der Waals surface area contributed by atoms with Crippen LogP contribution in [0.25, 0.3) is 0 Å². The molecule has 2 aromatic carbocycles. The van der Waals surface area contributed by atoms with E-state index in [4.69, 9.17) is 23.2 Å². The van der Waals surface area contributed by atoms with E-state index >= 15 is 0 Å². The van der Waals surface area contributed by atoms with E-state index < -0.39 is 0 Å². The van der Waals surface area contributed by atoms with Crippen LogP contribution in [-0.4, -0.2) is 11.0 Å². The Morgan fingerprint density at radius 1 is 1.16 bits per heavy atom. The number of nitrogens with one attached hydrogen (secondary N) is 1. The van der Waals surface area contributed by atoms with Gasteiger partial charge in [-0.15, -0.1) is 0 Å². The number of phenols is 1. The van der Waals surface area contributed by atoms with Crippen LogP contribution in [0.15, 0.2) is 30.3 Å². The number of aromatic hydroxyl groups is 1. The van der Waals surface area contributed by atoms with Crippen LogP contribution in [0.1, 0.15) is 56.2 Å². The number of carbonyl (C=O) groups excluding carboxylic acids is 1. The van der Waals surface area contributed by atoms with Crippen LogP contribution in [0, 0.1) is 0 Å². The zero-order valence-electron chi connectivity index (χ0n) is 14.7. The fourth-order valence-corrected chi connectivity index (χ4v) is 3.30. The van der Waals surface area contributed by atoms with Crippen LogP contribution in [0.2, 0.25) is 10.0 Å². The molecular formula is C20H23Cl2NO2. The SMILES string of the molecule is CCCC(=O)Nc1cc(Cl)c(Cc2ccc(O)c(C(C)C)c2)c(Cl)c1. The van der Waals surface area contributed by atoms with Crippen molar-refractivity contribution < 1.29 is 9.90 Å². The lowest BCUT2D eigenvalue weighted by Crippen LogP contribution is -2.10. The Hall–Kier alpha value is -1.71. The van der Waals surface area contributed by atoms with Crippen molar-refractivity contribution in [1.82, 2.24) is 0 Å². The molecule has 3 nitrogen and oxygen atoms in total. The van der Waals surface area contributed by atoms with Gasteiger partial charge in [0.05, 0.1) is 0 Å². The third kappa shape index (κ3) is 5.13. The van der Waals surface area contributed by atoms with Gasteiger partial charge in [-0.3, -0.25) is 4.79 Å². The average Bonchev–Trinajstić information content (AvgIpc) is 2.52. The molecule has 0 heterocycles. The number of hydrogen-bond acceptors (Lipinski definition) is 2. The standard InChI is InChI=1S/C20H23Cl2NO2/c1-4-5-20(25)23-14-10-17(21)16(18(22)11-14)9-13-6-7-19(24)15(8-13)12(2)3/h6-8,10-12,24H,4-5,9H2,1-3H3,(H,23,25). The molecule has 0 radical (unpaired) electrons. The fourth-order valence-electron chi connectivity index (χ4n) is 2.68. The van der Waals surface area contributed by atoms with Crippen molar-refractivity contribution in [2.75, 3.05) is 5.32 Å². The molecule has 0 aliphatic rings. The smallest absolute Gasteiger partial charge is 0.224 e. The Morgan fingerprint density at radius 3 is 2.36 bits per heavy atom. The van der Waals surface area contributed by atoms with Crippen molar-refractivity contribution in [1.29, 1.82) is 0 Å². The number of rotatable bonds is 6. The first kappa shape index (κ1) is 19.6. The molecule has 0 spiro atoms. The van der Waals surface area contributed by atoms with Crippen LogP contribution in [0.4, 0.5) is 5.69 Å². The Labute approximate surface area is 159 Å². The van der Waals surface area contributed by atoms with Crippen LogP contribution in [0.5, 0.6) is 5.75 Å². The molecular weight excluding hydrogens is 357 g/mol. The van der Waals surface area contributed by atoms with Crippen molar-refractivity contribution in [3.63, 3.8) is 0 Å². The predicted molar refractivity (Wildman–Crippen MR) is 105 cm³/mol. The van der Waals surface area contributed by atoms with Crippen LogP contribution < -0.4 is 5.32 Å². The van der Waals surface area contributed by atoms with Gasteiger partial charge in [0, 0.05) is 28.6 Å². The summed E-state index contributed by atoms with van der Waals surface area (Å²) in [6.45, 7) is 6.02. The molecule has 0 aromatic heterocycles. The van der Waals surface area contributed by atoms with Gasteiger partial charge in [-0.1, -0.05) is 56.1 Å². The van der Waals surface area contributed by atoms with Crippen molar-refractivity contribution in [2.24, 2.45) is 0 Å². The highest BCUT2D eigenvalue weighted by Gasteiger charge is 2.13. The Bertz CT molecular complexity index is 749. The average molecular weight is 380 g/mol. The van der Waals surface area contributed by atoms with Gasteiger partial charge >= 0.3 is 0 Å². The largest absolute Gasteiger partial charge is 0.508 e. The number of benzene rings is 2. The molecule has 1 amide bonds. The van der Waals surface area contributed by atoms with Gasteiger partial charge in [0.1, 0.15) is 5.75 Å². The zero-order valence-corrected chi connectivity index (χ0v) is 16.2. The van der Waals surface area contributed by atoms with Crippen LogP contribution in [-0.2, 0) is 11.2 Å². The molecule has 0 unspecified atom stereocenters. The number of halogens is 2. The molecule has 2 N–H and O–H groups in total. The molecule has 25 heavy (non-hydrogen) atoms. The second kappa shape index (κ2) is 8.59. The highest BCUT2D eigenvalue weighted by molar-refractivity contribution is 6.36. The van der Waals surface area contributed by atoms with Gasteiger partial charge in [-0.05, 0) is 47.2 Å². The fraction of sp³-hybridized carbons (Fsp3) is 0.350. The number of carbonyl (C=O) groups is 1. The van der Waals surface area contributed by atoms with E-state index in [2.05, 4.69) is 5.32 Å². The molecule has 0 bridgehead atoms. The van der Waals surface area contributed by atoms with E-state index in [0.29, 0.717) is 34.3 Å².